The van der Waals surface area contributed by atoms with Crippen LogP contribution in [0.15, 0.2) is 40.9 Å². The van der Waals surface area contributed by atoms with E-state index in [2.05, 4.69) is 28.2 Å². The van der Waals surface area contributed by atoms with Crippen LogP contribution >= 0.6 is 27.5 Å². The van der Waals surface area contributed by atoms with Crippen LogP contribution in [0, 0.1) is 12.7 Å². The summed E-state index contributed by atoms with van der Waals surface area (Å²) in [5, 5.41) is 4.12. The molecule has 0 radical (unpaired) electrons. The molecule has 2 rings (SSSR count). The number of halogens is 3. The number of nitrogens with one attached hydrogen (secondary N) is 1. The second kappa shape index (κ2) is 7.39. The van der Waals surface area contributed by atoms with Crippen molar-refractivity contribution in [2.75, 3.05) is 6.54 Å². The van der Waals surface area contributed by atoms with E-state index in [1.165, 1.54) is 0 Å². The van der Waals surface area contributed by atoms with Crippen LogP contribution in [0.4, 0.5) is 4.39 Å². The molecular weight excluding hydrogens is 353 g/mol. The number of hydrogen-bond donors (Lipinski definition) is 1. The van der Waals surface area contributed by atoms with Crippen LogP contribution in [0.1, 0.15) is 36.1 Å². The molecule has 0 aliphatic rings. The van der Waals surface area contributed by atoms with E-state index in [9.17, 15) is 4.39 Å². The molecule has 1 unspecified atom stereocenters. The lowest BCUT2D eigenvalue weighted by molar-refractivity contribution is 0.582. The summed E-state index contributed by atoms with van der Waals surface area (Å²) in [7, 11) is 0. The zero-order valence-corrected chi connectivity index (χ0v) is 14.4. The number of aryl methyl sites for hydroxylation is 1. The van der Waals surface area contributed by atoms with Crippen molar-refractivity contribution in [2.24, 2.45) is 0 Å². The summed E-state index contributed by atoms with van der Waals surface area (Å²) in [4.78, 5) is 0. The SMILES string of the molecule is CCCNC(c1cc(Cl)cc(Br)c1)c1ccc(C)c(F)c1. The molecule has 0 fully saturated rings. The molecular formula is C17H18BrClFN. The van der Waals surface area contributed by atoms with Crippen LogP contribution in [-0.4, -0.2) is 6.54 Å². The first-order chi connectivity index (χ1) is 10.0. The van der Waals surface area contributed by atoms with Crippen LogP contribution in [-0.2, 0) is 0 Å². The fourth-order valence-corrected chi connectivity index (χ4v) is 3.13. The van der Waals surface area contributed by atoms with Gasteiger partial charge in [-0.15, -0.1) is 0 Å². The van der Waals surface area contributed by atoms with Gasteiger partial charge in [0.05, 0.1) is 6.04 Å². The summed E-state index contributed by atoms with van der Waals surface area (Å²) < 4.78 is 14.8. The maximum Gasteiger partial charge on any atom is 0.126 e. The highest BCUT2D eigenvalue weighted by molar-refractivity contribution is 9.10. The van der Waals surface area contributed by atoms with Gasteiger partial charge in [0.25, 0.3) is 0 Å². The van der Waals surface area contributed by atoms with Crippen molar-refractivity contribution >= 4 is 27.5 Å². The summed E-state index contributed by atoms with van der Waals surface area (Å²) in [6.07, 6.45) is 1.01. The molecule has 112 valence electrons. The molecule has 1 nitrogen and oxygen atoms in total. The molecule has 21 heavy (non-hydrogen) atoms. The Morgan fingerprint density at radius 2 is 1.95 bits per heavy atom. The zero-order valence-electron chi connectivity index (χ0n) is 12.1. The van der Waals surface area contributed by atoms with E-state index in [0.717, 1.165) is 28.6 Å². The molecule has 0 saturated carbocycles. The third kappa shape index (κ3) is 4.29. The lowest BCUT2D eigenvalue weighted by Gasteiger charge is -2.20. The van der Waals surface area contributed by atoms with Gasteiger partial charge in [0.15, 0.2) is 0 Å². The van der Waals surface area contributed by atoms with Gasteiger partial charge in [-0.2, -0.15) is 0 Å². The Kier molecular flexibility index (Phi) is 5.80. The number of hydrogen-bond acceptors (Lipinski definition) is 1. The minimum atomic E-state index is -0.183. The maximum absolute atomic E-state index is 13.9. The predicted octanol–water partition coefficient (Wildman–Crippen LogP) is 5.64. The second-order valence-corrected chi connectivity index (χ2v) is 6.45. The molecule has 4 heteroatoms. The van der Waals surface area contributed by atoms with E-state index in [-0.39, 0.29) is 11.9 Å². The second-order valence-electron chi connectivity index (χ2n) is 5.10. The number of rotatable bonds is 5. The highest BCUT2D eigenvalue weighted by Crippen LogP contribution is 2.29. The van der Waals surface area contributed by atoms with Crippen molar-refractivity contribution < 1.29 is 4.39 Å². The fraction of sp³-hybridized carbons (Fsp3) is 0.294. The van der Waals surface area contributed by atoms with Crippen molar-refractivity contribution in [2.45, 2.75) is 26.3 Å². The van der Waals surface area contributed by atoms with Crippen LogP contribution < -0.4 is 5.32 Å². The van der Waals surface area contributed by atoms with Crippen LogP contribution in [0.5, 0.6) is 0 Å². The predicted molar refractivity (Wildman–Crippen MR) is 90.4 cm³/mol. The Labute approximate surface area is 138 Å². The average Bonchev–Trinajstić information content (AvgIpc) is 2.42. The normalized spacial score (nSPS) is 12.4. The minimum Gasteiger partial charge on any atom is -0.306 e. The lowest BCUT2D eigenvalue weighted by atomic mass is 9.97. The number of benzene rings is 2. The Bertz CT molecular complexity index is 610. The van der Waals surface area contributed by atoms with Gasteiger partial charge in [-0.25, -0.2) is 4.39 Å². The van der Waals surface area contributed by atoms with Crippen molar-refractivity contribution in [3.8, 4) is 0 Å². The van der Waals surface area contributed by atoms with Gasteiger partial charge < -0.3 is 5.32 Å². The first-order valence-corrected chi connectivity index (χ1v) is 8.13. The van der Waals surface area contributed by atoms with Crippen molar-refractivity contribution in [1.82, 2.24) is 5.32 Å². The zero-order chi connectivity index (χ0) is 15.4. The Hall–Kier alpha value is -0.900. The molecule has 0 amide bonds. The molecule has 2 aromatic carbocycles. The molecule has 0 aromatic heterocycles. The Balaban J connectivity index is 2.43. The Morgan fingerprint density at radius 1 is 1.19 bits per heavy atom. The van der Waals surface area contributed by atoms with Crippen LogP contribution in [0.2, 0.25) is 5.02 Å². The molecule has 0 bridgehead atoms. The molecule has 0 aliphatic carbocycles. The van der Waals surface area contributed by atoms with Gasteiger partial charge >= 0.3 is 0 Å². The van der Waals surface area contributed by atoms with Gasteiger partial charge in [0.1, 0.15) is 5.82 Å². The maximum atomic E-state index is 13.9. The third-order valence-corrected chi connectivity index (χ3v) is 4.02. The van der Waals surface area contributed by atoms with Gasteiger partial charge in [0.2, 0.25) is 0 Å². The molecule has 0 saturated heterocycles. The summed E-state index contributed by atoms with van der Waals surface area (Å²) in [5.74, 6) is -0.183. The lowest BCUT2D eigenvalue weighted by Crippen LogP contribution is -2.23. The van der Waals surface area contributed by atoms with E-state index < -0.39 is 0 Å². The molecule has 0 heterocycles. The van der Waals surface area contributed by atoms with E-state index >= 15 is 0 Å². The quantitative estimate of drug-likeness (QED) is 0.718. The van der Waals surface area contributed by atoms with Gasteiger partial charge in [-0.05, 0) is 60.8 Å². The topological polar surface area (TPSA) is 12.0 Å². The van der Waals surface area contributed by atoms with E-state index in [4.69, 9.17) is 11.6 Å². The van der Waals surface area contributed by atoms with Crippen LogP contribution in [0.3, 0.4) is 0 Å². The molecule has 0 aliphatic heterocycles. The van der Waals surface area contributed by atoms with E-state index in [0.29, 0.717) is 10.6 Å². The first kappa shape index (κ1) is 16.5. The summed E-state index contributed by atoms with van der Waals surface area (Å²) in [6, 6.07) is 11.1. The summed E-state index contributed by atoms with van der Waals surface area (Å²) >= 11 is 9.60. The van der Waals surface area contributed by atoms with Crippen molar-refractivity contribution in [3.05, 3.63) is 68.4 Å². The average molecular weight is 371 g/mol. The van der Waals surface area contributed by atoms with Gasteiger partial charge in [-0.3, -0.25) is 0 Å². The van der Waals surface area contributed by atoms with Gasteiger partial charge in [0, 0.05) is 9.50 Å². The first-order valence-electron chi connectivity index (χ1n) is 6.96. The van der Waals surface area contributed by atoms with Crippen molar-refractivity contribution in [3.63, 3.8) is 0 Å². The van der Waals surface area contributed by atoms with E-state index in [1.807, 2.05) is 30.3 Å². The summed E-state index contributed by atoms with van der Waals surface area (Å²) in [5.41, 5.74) is 2.58. The molecule has 1 N–H and O–H groups in total. The molecule has 2 aromatic rings. The summed E-state index contributed by atoms with van der Waals surface area (Å²) in [6.45, 7) is 4.72. The Morgan fingerprint density at radius 3 is 2.57 bits per heavy atom. The highest BCUT2D eigenvalue weighted by Gasteiger charge is 2.15. The monoisotopic (exact) mass is 369 g/mol. The fourth-order valence-electron chi connectivity index (χ4n) is 2.25. The standard InChI is InChI=1S/C17H18BrClFN/c1-3-6-21-17(12-5-4-11(2)16(20)9-12)13-7-14(18)10-15(19)8-13/h4-5,7-10,17,21H,3,6H2,1-2H3. The molecule has 0 spiro atoms. The van der Waals surface area contributed by atoms with Crippen molar-refractivity contribution in [1.29, 1.82) is 0 Å². The van der Waals surface area contributed by atoms with E-state index in [1.54, 1.807) is 13.0 Å². The van der Waals surface area contributed by atoms with Crippen LogP contribution in [0.25, 0.3) is 0 Å². The molecule has 1 atom stereocenters. The smallest absolute Gasteiger partial charge is 0.126 e. The minimum absolute atomic E-state index is 0.0740. The highest BCUT2D eigenvalue weighted by atomic mass is 79.9. The third-order valence-electron chi connectivity index (χ3n) is 3.35. The largest absolute Gasteiger partial charge is 0.306 e. The van der Waals surface area contributed by atoms with Gasteiger partial charge in [-0.1, -0.05) is 46.6 Å².